The van der Waals surface area contributed by atoms with Gasteiger partial charge in [0.1, 0.15) is 0 Å². The number of fused-ring (bicyclic) bond motifs is 2. The molecule has 3 aliphatic rings. The van der Waals surface area contributed by atoms with Crippen molar-refractivity contribution in [2.45, 2.75) is 63.8 Å². The van der Waals surface area contributed by atoms with Crippen molar-refractivity contribution in [3.8, 4) is 6.07 Å². The Bertz CT molecular complexity index is 346. The van der Waals surface area contributed by atoms with E-state index in [4.69, 9.17) is 0 Å². The number of nitriles is 1. The lowest BCUT2D eigenvalue weighted by Crippen LogP contribution is -2.40. The minimum Gasteiger partial charge on any atom is -0.302 e. The van der Waals surface area contributed by atoms with Crippen LogP contribution in [0.5, 0.6) is 0 Å². The first-order valence-electron chi connectivity index (χ1n) is 8.37. The fourth-order valence-electron chi connectivity index (χ4n) is 5.07. The Kier molecular flexibility index (Phi) is 4.12. The third-order valence-corrected chi connectivity index (χ3v) is 6.12. The molecule has 2 heteroatoms. The second kappa shape index (κ2) is 5.83. The van der Waals surface area contributed by atoms with Crippen LogP contribution in [0.4, 0.5) is 0 Å². The van der Waals surface area contributed by atoms with Gasteiger partial charge in [0.15, 0.2) is 0 Å². The van der Waals surface area contributed by atoms with Gasteiger partial charge in [0.25, 0.3) is 0 Å². The summed E-state index contributed by atoms with van der Waals surface area (Å²) in [5.41, 5.74) is 0. The maximum atomic E-state index is 9.42. The van der Waals surface area contributed by atoms with E-state index in [2.05, 4.69) is 18.0 Å². The molecule has 0 aromatic heterocycles. The predicted octanol–water partition coefficient (Wildman–Crippen LogP) is 3.83. The zero-order chi connectivity index (χ0) is 13.2. The molecule has 0 amide bonds. The zero-order valence-electron chi connectivity index (χ0n) is 12.4. The van der Waals surface area contributed by atoms with E-state index >= 15 is 0 Å². The maximum Gasteiger partial charge on any atom is 0.0672 e. The van der Waals surface area contributed by atoms with Crippen molar-refractivity contribution >= 4 is 0 Å². The van der Waals surface area contributed by atoms with E-state index in [1.165, 1.54) is 57.9 Å². The highest BCUT2D eigenvalue weighted by atomic mass is 15.1. The number of hydrogen-bond donors (Lipinski definition) is 0. The van der Waals surface area contributed by atoms with Crippen molar-refractivity contribution in [1.82, 2.24) is 4.90 Å². The molecule has 3 rings (SSSR count). The van der Waals surface area contributed by atoms with Gasteiger partial charge in [-0.15, -0.1) is 0 Å². The lowest BCUT2D eigenvalue weighted by molar-refractivity contribution is 0.141. The molecule has 3 fully saturated rings. The summed E-state index contributed by atoms with van der Waals surface area (Å²) in [5, 5.41) is 9.42. The topological polar surface area (TPSA) is 27.0 Å². The number of rotatable bonds is 3. The first-order valence-corrected chi connectivity index (χ1v) is 8.37. The van der Waals surface area contributed by atoms with E-state index in [1.54, 1.807) is 0 Å². The summed E-state index contributed by atoms with van der Waals surface area (Å²) in [6.07, 6.45) is 12.2. The second-order valence-electron chi connectivity index (χ2n) is 7.32. The summed E-state index contributed by atoms with van der Waals surface area (Å²) >= 11 is 0. The van der Waals surface area contributed by atoms with E-state index in [0.29, 0.717) is 6.04 Å². The van der Waals surface area contributed by atoms with Gasteiger partial charge in [-0.25, -0.2) is 0 Å². The van der Waals surface area contributed by atoms with Gasteiger partial charge >= 0.3 is 0 Å². The summed E-state index contributed by atoms with van der Waals surface area (Å²) in [7, 11) is 2.28. The van der Waals surface area contributed by atoms with Crippen LogP contribution in [0.2, 0.25) is 0 Å². The van der Waals surface area contributed by atoms with Crippen LogP contribution in [-0.2, 0) is 0 Å². The molecule has 0 spiro atoms. The standard InChI is InChI=1S/C17H28N2/c1-19(12-16-10-13-7-8-14(16)9-13)17-6-4-2-3-5-15(17)11-18/h13-17H,2-10,12H2,1H3. The van der Waals surface area contributed by atoms with Gasteiger partial charge in [-0.05, 0) is 56.9 Å². The number of hydrogen-bond acceptors (Lipinski definition) is 2. The van der Waals surface area contributed by atoms with Gasteiger partial charge in [0, 0.05) is 12.6 Å². The van der Waals surface area contributed by atoms with Crippen molar-refractivity contribution in [2.75, 3.05) is 13.6 Å². The van der Waals surface area contributed by atoms with Crippen molar-refractivity contribution in [3.63, 3.8) is 0 Å². The van der Waals surface area contributed by atoms with E-state index < -0.39 is 0 Å². The molecule has 2 nitrogen and oxygen atoms in total. The summed E-state index contributed by atoms with van der Waals surface area (Å²) in [5.74, 6) is 3.28. The van der Waals surface area contributed by atoms with Crippen LogP contribution in [0.15, 0.2) is 0 Å². The molecule has 0 aromatic rings. The smallest absolute Gasteiger partial charge is 0.0672 e. The summed E-state index contributed by atoms with van der Waals surface area (Å²) in [4.78, 5) is 2.56. The molecule has 19 heavy (non-hydrogen) atoms. The summed E-state index contributed by atoms with van der Waals surface area (Å²) < 4.78 is 0. The minimum atomic E-state index is 0.283. The van der Waals surface area contributed by atoms with E-state index in [1.807, 2.05) is 0 Å². The molecule has 5 atom stereocenters. The normalized spacial score (nSPS) is 42.3. The SMILES string of the molecule is CN(CC1CC2CCC1C2)C1CCCCCC1C#N. The number of nitrogens with zero attached hydrogens (tertiary/aromatic N) is 2. The molecule has 0 saturated heterocycles. The monoisotopic (exact) mass is 260 g/mol. The van der Waals surface area contributed by atoms with Gasteiger partial charge in [-0.1, -0.05) is 25.7 Å². The van der Waals surface area contributed by atoms with Crippen molar-refractivity contribution < 1.29 is 0 Å². The predicted molar refractivity (Wildman–Crippen MR) is 77.5 cm³/mol. The van der Waals surface area contributed by atoms with Gasteiger partial charge in [-0.3, -0.25) is 0 Å². The van der Waals surface area contributed by atoms with Crippen LogP contribution in [0.1, 0.15) is 57.8 Å². The average molecular weight is 260 g/mol. The first-order chi connectivity index (χ1) is 9.28. The van der Waals surface area contributed by atoms with Gasteiger partial charge in [0.2, 0.25) is 0 Å². The summed E-state index contributed by atoms with van der Waals surface area (Å²) in [6, 6.07) is 3.13. The molecular weight excluding hydrogens is 232 g/mol. The molecule has 0 aromatic carbocycles. The van der Waals surface area contributed by atoms with Crippen LogP contribution in [0.25, 0.3) is 0 Å². The maximum absolute atomic E-state index is 9.42. The van der Waals surface area contributed by atoms with Crippen molar-refractivity contribution in [3.05, 3.63) is 0 Å². The van der Waals surface area contributed by atoms with Gasteiger partial charge in [0.05, 0.1) is 12.0 Å². The van der Waals surface area contributed by atoms with Gasteiger partial charge < -0.3 is 4.90 Å². The quantitative estimate of drug-likeness (QED) is 0.721. The average Bonchev–Trinajstić information content (AvgIpc) is 2.93. The van der Waals surface area contributed by atoms with Crippen LogP contribution in [0, 0.1) is 35.0 Å². The van der Waals surface area contributed by atoms with E-state index in [0.717, 1.165) is 24.2 Å². The molecule has 5 unspecified atom stereocenters. The van der Waals surface area contributed by atoms with E-state index in [9.17, 15) is 5.26 Å². The second-order valence-corrected chi connectivity index (χ2v) is 7.32. The lowest BCUT2D eigenvalue weighted by Gasteiger charge is -2.34. The molecule has 106 valence electrons. The Morgan fingerprint density at radius 2 is 1.89 bits per heavy atom. The Labute approximate surface area is 118 Å². The molecule has 3 aliphatic carbocycles. The molecule has 2 bridgehead atoms. The Hall–Kier alpha value is -0.550. The highest BCUT2D eigenvalue weighted by molar-refractivity contribution is 4.96. The largest absolute Gasteiger partial charge is 0.302 e. The van der Waals surface area contributed by atoms with Crippen LogP contribution in [0.3, 0.4) is 0 Å². The molecule has 0 N–H and O–H groups in total. The van der Waals surface area contributed by atoms with E-state index in [-0.39, 0.29) is 5.92 Å². The zero-order valence-corrected chi connectivity index (χ0v) is 12.4. The molecule has 0 aliphatic heterocycles. The minimum absolute atomic E-state index is 0.283. The molecule has 3 saturated carbocycles. The lowest BCUT2D eigenvalue weighted by atomic mass is 9.87. The fraction of sp³-hybridized carbons (Fsp3) is 0.941. The van der Waals surface area contributed by atoms with Crippen molar-refractivity contribution in [1.29, 1.82) is 5.26 Å². The third kappa shape index (κ3) is 2.82. The molecule has 0 radical (unpaired) electrons. The third-order valence-electron chi connectivity index (χ3n) is 6.12. The molecule has 0 heterocycles. The highest BCUT2D eigenvalue weighted by Gasteiger charge is 2.40. The Morgan fingerprint density at radius 3 is 2.58 bits per heavy atom. The molecular formula is C17H28N2. The Morgan fingerprint density at radius 1 is 1.05 bits per heavy atom. The fourth-order valence-corrected chi connectivity index (χ4v) is 5.07. The van der Waals surface area contributed by atoms with Crippen LogP contribution in [-0.4, -0.2) is 24.5 Å². The van der Waals surface area contributed by atoms with Gasteiger partial charge in [-0.2, -0.15) is 5.26 Å². The van der Waals surface area contributed by atoms with Crippen LogP contribution < -0.4 is 0 Å². The Balaban J connectivity index is 1.59. The summed E-state index contributed by atoms with van der Waals surface area (Å²) in [6.45, 7) is 1.25. The highest BCUT2D eigenvalue weighted by Crippen LogP contribution is 2.48. The van der Waals surface area contributed by atoms with Crippen molar-refractivity contribution in [2.24, 2.45) is 23.7 Å². The van der Waals surface area contributed by atoms with Crippen LogP contribution >= 0.6 is 0 Å². The first kappa shape index (κ1) is 13.4.